The van der Waals surface area contributed by atoms with Gasteiger partial charge in [0.05, 0.1) is 9.89 Å². The number of aliphatic carboxylic acids is 1. The molecule has 1 aliphatic carbocycles. The van der Waals surface area contributed by atoms with Crippen molar-refractivity contribution >= 4 is 21.9 Å². The number of rotatable bonds is 5. The molecule has 1 fully saturated rings. The number of hydrogen-bond acceptors (Lipinski definition) is 2. The largest absolute Gasteiger partial charge is 0.488 e. The van der Waals surface area contributed by atoms with E-state index in [2.05, 4.69) is 22.5 Å². The third-order valence-corrected chi connectivity index (χ3v) is 4.69. The number of halogens is 1. The summed E-state index contributed by atoms with van der Waals surface area (Å²) in [4.78, 5) is 11.8. The number of carboxylic acid groups (broad SMARTS) is 1. The zero-order valence-electron chi connectivity index (χ0n) is 12.3. The number of carboxylic acids is 1. The Hall–Kier alpha value is -1.29. The SMILES string of the molecule is C=C(C)COc1ccc(C2(C(=O)O)CCCCC2)cc1Br. The van der Waals surface area contributed by atoms with Crippen molar-refractivity contribution in [1.82, 2.24) is 0 Å². The van der Waals surface area contributed by atoms with Gasteiger partial charge in [-0.05, 0) is 59.0 Å². The van der Waals surface area contributed by atoms with Crippen LogP contribution in [-0.4, -0.2) is 17.7 Å². The maximum atomic E-state index is 11.8. The van der Waals surface area contributed by atoms with Crippen molar-refractivity contribution in [3.63, 3.8) is 0 Å². The molecular weight excluding hydrogens is 332 g/mol. The van der Waals surface area contributed by atoms with Crippen LogP contribution >= 0.6 is 15.9 Å². The highest BCUT2D eigenvalue weighted by Crippen LogP contribution is 2.42. The number of carbonyl (C=O) groups is 1. The van der Waals surface area contributed by atoms with Gasteiger partial charge in [0.25, 0.3) is 0 Å². The molecule has 1 aliphatic rings. The Balaban J connectivity index is 2.28. The molecule has 2 rings (SSSR count). The normalized spacial score (nSPS) is 17.2. The molecule has 0 amide bonds. The van der Waals surface area contributed by atoms with Crippen LogP contribution in [0.2, 0.25) is 0 Å². The number of hydrogen-bond donors (Lipinski definition) is 1. The topological polar surface area (TPSA) is 46.5 Å². The van der Waals surface area contributed by atoms with Crippen LogP contribution in [0, 0.1) is 0 Å². The Labute approximate surface area is 134 Å². The van der Waals surface area contributed by atoms with Gasteiger partial charge in [-0.3, -0.25) is 4.79 Å². The summed E-state index contributed by atoms with van der Waals surface area (Å²) in [5.74, 6) is 0.00259. The number of benzene rings is 1. The summed E-state index contributed by atoms with van der Waals surface area (Å²) < 4.78 is 6.44. The zero-order valence-corrected chi connectivity index (χ0v) is 13.9. The Morgan fingerprint density at radius 2 is 2.05 bits per heavy atom. The first-order valence-electron chi connectivity index (χ1n) is 7.26. The van der Waals surface area contributed by atoms with Crippen LogP contribution in [0.5, 0.6) is 5.75 Å². The fourth-order valence-corrected chi connectivity index (χ4v) is 3.39. The van der Waals surface area contributed by atoms with Gasteiger partial charge in [-0.15, -0.1) is 0 Å². The van der Waals surface area contributed by atoms with Gasteiger partial charge in [0.2, 0.25) is 0 Å². The van der Waals surface area contributed by atoms with E-state index in [1.54, 1.807) is 0 Å². The van der Waals surface area contributed by atoms with Crippen LogP contribution in [0.25, 0.3) is 0 Å². The lowest BCUT2D eigenvalue weighted by molar-refractivity contribution is -0.145. The molecule has 1 N–H and O–H groups in total. The minimum absolute atomic E-state index is 0.460. The van der Waals surface area contributed by atoms with E-state index in [-0.39, 0.29) is 0 Å². The van der Waals surface area contributed by atoms with E-state index in [1.165, 1.54) is 0 Å². The lowest BCUT2D eigenvalue weighted by Gasteiger charge is -2.34. The molecule has 0 bridgehead atoms. The highest BCUT2D eigenvalue weighted by molar-refractivity contribution is 9.10. The second-order valence-corrected chi connectivity index (χ2v) is 6.69. The predicted octanol–water partition coefficient (Wildman–Crippen LogP) is 4.69. The highest BCUT2D eigenvalue weighted by Gasteiger charge is 2.41. The molecule has 0 unspecified atom stereocenters. The number of ether oxygens (including phenoxy) is 1. The minimum Gasteiger partial charge on any atom is -0.488 e. The standard InChI is InChI=1S/C17H21BrO3/c1-12(2)11-21-15-7-6-13(10-14(15)18)17(16(19)20)8-4-3-5-9-17/h6-7,10H,1,3-5,8-9,11H2,2H3,(H,19,20). The molecule has 0 atom stereocenters. The summed E-state index contributed by atoms with van der Waals surface area (Å²) in [7, 11) is 0. The average Bonchev–Trinajstić information content (AvgIpc) is 2.46. The van der Waals surface area contributed by atoms with E-state index in [0.717, 1.165) is 40.6 Å². The van der Waals surface area contributed by atoms with Gasteiger partial charge < -0.3 is 9.84 Å². The maximum Gasteiger partial charge on any atom is 0.314 e. The molecule has 0 spiro atoms. The molecule has 0 saturated heterocycles. The summed E-state index contributed by atoms with van der Waals surface area (Å²) in [6.07, 6.45) is 4.48. The molecule has 1 saturated carbocycles. The Bertz CT molecular complexity index is 545. The molecule has 3 nitrogen and oxygen atoms in total. The fraction of sp³-hybridized carbons (Fsp3) is 0.471. The van der Waals surface area contributed by atoms with Crippen molar-refractivity contribution in [2.24, 2.45) is 0 Å². The Kier molecular flexibility index (Phi) is 5.09. The quantitative estimate of drug-likeness (QED) is 0.781. The van der Waals surface area contributed by atoms with Gasteiger partial charge in [0, 0.05) is 0 Å². The summed E-state index contributed by atoms with van der Waals surface area (Å²) in [6.45, 7) is 6.17. The second kappa shape index (κ2) is 6.65. The second-order valence-electron chi connectivity index (χ2n) is 5.84. The summed E-state index contributed by atoms with van der Waals surface area (Å²) in [5.41, 5.74) is 1.07. The lowest BCUT2D eigenvalue weighted by Crippen LogP contribution is -2.37. The van der Waals surface area contributed by atoms with Crippen molar-refractivity contribution in [2.45, 2.75) is 44.4 Å². The van der Waals surface area contributed by atoms with Crippen LogP contribution in [0.4, 0.5) is 0 Å². The van der Waals surface area contributed by atoms with Crippen molar-refractivity contribution < 1.29 is 14.6 Å². The van der Waals surface area contributed by atoms with Crippen molar-refractivity contribution in [1.29, 1.82) is 0 Å². The summed E-state index contributed by atoms with van der Waals surface area (Å²) in [6, 6.07) is 5.63. The highest BCUT2D eigenvalue weighted by atomic mass is 79.9. The molecule has 0 heterocycles. The Morgan fingerprint density at radius 3 is 2.57 bits per heavy atom. The molecule has 0 radical (unpaired) electrons. The van der Waals surface area contributed by atoms with Gasteiger partial charge in [-0.25, -0.2) is 0 Å². The van der Waals surface area contributed by atoms with Crippen LogP contribution in [0.15, 0.2) is 34.8 Å². The molecule has 4 heteroatoms. The van der Waals surface area contributed by atoms with E-state index in [1.807, 2.05) is 25.1 Å². The van der Waals surface area contributed by atoms with Crippen LogP contribution in [0.1, 0.15) is 44.6 Å². The third kappa shape index (κ3) is 3.49. The van der Waals surface area contributed by atoms with Crippen molar-refractivity contribution in [3.05, 3.63) is 40.4 Å². The van der Waals surface area contributed by atoms with E-state index >= 15 is 0 Å². The van der Waals surface area contributed by atoms with Gasteiger partial charge in [0.15, 0.2) is 0 Å². The fourth-order valence-electron chi connectivity index (χ4n) is 2.90. The molecular formula is C17H21BrO3. The molecule has 21 heavy (non-hydrogen) atoms. The molecule has 0 aromatic heterocycles. The van der Waals surface area contributed by atoms with E-state index in [9.17, 15) is 9.90 Å². The Morgan fingerprint density at radius 1 is 1.38 bits per heavy atom. The maximum absolute atomic E-state index is 11.8. The van der Waals surface area contributed by atoms with Gasteiger partial charge >= 0.3 is 5.97 Å². The van der Waals surface area contributed by atoms with E-state index in [0.29, 0.717) is 19.4 Å². The van der Waals surface area contributed by atoms with E-state index in [4.69, 9.17) is 4.74 Å². The molecule has 1 aromatic rings. The predicted molar refractivity (Wildman–Crippen MR) is 86.8 cm³/mol. The van der Waals surface area contributed by atoms with Crippen molar-refractivity contribution in [3.8, 4) is 5.75 Å². The van der Waals surface area contributed by atoms with Crippen molar-refractivity contribution in [2.75, 3.05) is 6.61 Å². The molecule has 114 valence electrons. The first kappa shape index (κ1) is 16.1. The van der Waals surface area contributed by atoms with Crippen LogP contribution in [0.3, 0.4) is 0 Å². The third-order valence-electron chi connectivity index (χ3n) is 4.08. The van der Waals surface area contributed by atoms with Gasteiger partial charge in [0.1, 0.15) is 12.4 Å². The first-order chi connectivity index (χ1) is 9.95. The molecule has 0 aliphatic heterocycles. The molecule has 1 aromatic carbocycles. The van der Waals surface area contributed by atoms with Crippen LogP contribution < -0.4 is 4.74 Å². The zero-order chi connectivity index (χ0) is 15.5. The van der Waals surface area contributed by atoms with Crippen LogP contribution in [-0.2, 0) is 10.2 Å². The average molecular weight is 353 g/mol. The smallest absolute Gasteiger partial charge is 0.314 e. The first-order valence-corrected chi connectivity index (χ1v) is 8.05. The summed E-state index contributed by atoms with van der Waals surface area (Å²) in [5, 5.41) is 9.72. The van der Waals surface area contributed by atoms with Gasteiger partial charge in [-0.2, -0.15) is 0 Å². The minimum atomic E-state index is -0.742. The summed E-state index contributed by atoms with van der Waals surface area (Å²) >= 11 is 3.49. The monoisotopic (exact) mass is 352 g/mol. The van der Waals surface area contributed by atoms with E-state index < -0.39 is 11.4 Å². The lowest BCUT2D eigenvalue weighted by atomic mass is 9.69. The van der Waals surface area contributed by atoms with Gasteiger partial charge in [-0.1, -0.05) is 31.9 Å².